The minimum Gasteiger partial charge on any atom is -0.383 e. The van der Waals surface area contributed by atoms with E-state index in [-0.39, 0.29) is 18.3 Å². The lowest BCUT2D eigenvalue weighted by atomic mass is 10.1. The maximum Gasteiger partial charge on any atom is 0.155 e. The second-order valence-corrected chi connectivity index (χ2v) is 7.72. The fourth-order valence-electron chi connectivity index (χ4n) is 2.82. The van der Waals surface area contributed by atoms with E-state index in [1.165, 1.54) is 0 Å². The van der Waals surface area contributed by atoms with Crippen LogP contribution in [0.25, 0.3) is 0 Å². The van der Waals surface area contributed by atoms with Gasteiger partial charge in [0.25, 0.3) is 0 Å². The fraction of sp³-hybridized carbons (Fsp3) is 0.571. The predicted molar refractivity (Wildman–Crippen MR) is 76.0 cm³/mol. The van der Waals surface area contributed by atoms with E-state index in [1.807, 2.05) is 31.2 Å². The van der Waals surface area contributed by atoms with E-state index in [2.05, 4.69) is 0 Å². The van der Waals surface area contributed by atoms with Crippen LogP contribution < -0.4 is 5.73 Å². The monoisotopic (exact) mass is 283 g/mol. The summed E-state index contributed by atoms with van der Waals surface area (Å²) >= 11 is 0. The van der Waals surface area contributed by atoms with Crippen molar-refractivity contribution < 1.29 is 13.2 Å². The molecular formula is C14H21NO3S. The van der Waals surface area contributed by atoms with Crippen molar-refractivity contribution in [3.63, 3.8) is 0 Å². The van der Waals surface area contributed by atoms with E-state index >= 15 is 0 Å². The lowest BCUT2D eigenvalue weighted by molar-refractivity contribution is 0.171. The summed E-state index contributed by atoms with van der Waals surface area (Å²) in [6, 6.07) is 7.89. The molecule has 0 amide bonds. The summed E-state index contributed by atoms with van der Waals surface area (Å²) in [6.07, 6.45) is 0. The highest BCUT2D eigenvalue weighted by Gasteiger charge is 2.68. The summed E-state index contributed by atoms with van der Waals surface area (Å²) in [6.45, 7) is 3.92. The quantitative estimate of drug-likeness (QED) is 0.882. The van der Waals surface area contributed by atoms with Gasteiger partial charge in [-0.2, -0.15) is 0 Å². The molecule has 1 fully saturated rings. The number of hydrogen-bond donors (Lipinski definition) is 1. The van der Waals surface area contributed by atoms with Gasteiger partial charge in [-0.15, -0.1) is 0 Å². The molecule has 0 radical (unpaired) electrons. The average molecular weight is 283 g/mol. The van der Waals surface area contributed by atoms with Crippen molar-refractivity contribution >= 4 is 9.84 Å². The molecule has 2 N–H and O–H groups in total. The Kier molecular flexibility index (Phi) is 3.73. The zero-order valence-electron chi connectivity index (χ0n) is 11.6. The number of methoxy groups -OCH3 is 1. The number of rotatable bonds is 5. The van der Waals surface area contributed by atoms with Crippen molar-refractivity contribution in [2.45, 2.75) is 30.6 Å². The normalized spacial score (nSPS) is 30.3. The first kappa shape index (κ1) is 14.5. The maximum atomic E-state index is 12.2. The van der Waals surface area contributed by atoms with Crippen LogP contribution in [0.3, 0.4) is 0 Å². The molecule has 0 aliphatic heterocycles. The van der Waals surface area contributed by atoms with Gasteiger partial charge in [0, 0.05) is 18.8 Å². The molecule has 0 saturated heterocycles. The summed E-state index contributed by atoms with van der Waals surface area (Å²) in [4.78, 5) is 0. The molecule has 0 bridgehead atoms. The van der Waals surface area contributed by atoms with Crippen LogP contribution in [0, 0.1) is 6.92 Å². The molecule has 0 unspecified atom stereocenters. The number of hydrogen-bond acceptors (Lipinski definition) is 4. The minimum atomic E-state index is -3.17. The highest BCUT2D eigenvalue weighted by molar-refractivity contribution is 7.92. The van der Waals surface area contributed by atoms with E-state index in [0.29, 0.717) is 0 Å². The second kappa shape index (κ2) is 4.89. The molecule has 106 valence electrons. The molecule has 19 heavy (non-hydrogen) atoms. The Morgan fingerprint density at radius 1 is 1.32 bits per heavy atom. The Labute approximate surface area is 114 Å². The van der Waals surface area contributed by atoms with Crippen molar-refractivity contribution in [1.29, 1.82) is 0 Å². The van der Waals surface area contributed by atoms with Gasteiger partial charge in [0.1, 0.15) is 0 Å². The van der Waals surface area contributed by atoms with Crippen LogP contribution in [-0.4, -0.2) is 38.7 Å². The predicted octanol–water partition coefficient (Wildman–Crippen LogP) is 1.24. The van der Waals surface area contributed by atoms with Gasteiger partial charge in [0.15, 0.2) is 9.84 Å². The molecule has 1 aromatic carbocycles. The smallest absolute Gasteiger partial charge is 0.155 e. The number of aryl methyl sites for hydroxylation is 1. The van der Waals surface area contributed by atoms with Crippen LogP contribution in [0.2, 0.25) is 0 Å². The molecule has 2 rings (SSSR count). The van der Waals surface area contributed by atoms with Crippen LogP contribution in [0.4, 0.5) is 0 Å². The molecule has 1 aliphatic carbocycles. The molecule has 4 nitrogen and oxygen atoms in total. The summed E-state index contributed by atoms with van der Waals surface area (Å²) in [5.41, 5.74) is 7.61. The summed E-state index contributed by atoms with van der Waals surface area (Å²) in [5, 5.41) is -0.535. The van der Waals surface area contributed by atoms with Crippen LogP contribution in [0.15, 0.2) is 24.3 Å². The molecule has 1 aliphatic rings. The average Bonchev–Trinajstić information content (AvgIpc) is 2.97. The zero-order valence-corrected chi connectivity index (χ0v) is 12.4. The summed E-state index contributed by atoms with van der Waals surface area (Å²) in [5.74, 6) is -0.0547. The molecule has 1 saturated carbocycles. The van der Waals surface area contributed by atoms with E-state index in [9.17, 15) is 8.42 Å². The first-order valence-corrected chi connectivity index (χ1v) is 8.14. The standard InChI is InChI=1S/C14H21NO3S/c1-4-19(16,17)13-12(14(13,15)9-18-3)11-7-5-10(2)6-8-11/h5-8,12-13H,4,9,15H2,1-3H3/t12-,13+,14+/m0/s1. The second-order valence-electron chi connectivity index (χ2n) is 5.31. The van der Waals surface area contributed by atoms with Gasteiger partial charge in [0.05, 0.1) is 17.4 Å². The molecule has 0 spiro atoms. The summed E-state index contributed by atoms with van der Waals surface area (Å²) in [7, 11) is -1.62. The third kappa shape index (κ3) is 2.42. The Balaban J connectivity index is 2.36. The van der Waals surface area contributed by atoms with Crippen molar-refractivity contribution in [2.24, 2.45) is 5.73 Å². The van der Waals surface area contributed by atoms with E-state index in [0.717, 1.165) is 11.1 Å². The van der Waals surface area contributed by atoms with Gasteiger partial charge >= 0.3 is 0 Å². The highest BCUT2D eigenvalue weighted by atomic mass is 32.2. The Bertz CT molecular complexity index is 553. The fourth-order valence-corrected chi connectivity index (χ4v) is 4.81. The molecule has 3 atom stereocenters. The van der Waals surface area contributed by atoms with E-state index in [4.69, 9.17) is 10.5 Å². The van der Waals surface area contributed by atoms with Gasteiger partial charge in [-0.05, 0) is 12.5 Å². The third-order valence-corrected chi connectivity index (χ3v) is 6.21. The van der Waals surface area contributed by atoms with Crippen LogP contribution >= 0.6 is 0 Å². The van der Waals surface area contributed by atoms with Gasteiger partial charge in [-0.1, -0.05) is 36.8 Å². The topological polar surface area (TPSA) is 69.4 Å². The van der Waals surface area contributed by atoms with Crippen LogP contribution in [0.1, 0.15) is 24.0 Å². The molecular weight excluding hydrogens is 262 g/mol. The van der Waals surface area contributed by atoms with Gasteiger partial charge in [-0.3, -0.25) is 0 Å². The molecule has 0 aromatic heterocycles. The van der Waals surface area contributed by atoms with Crippen molar-refractivity contribution in [1.82, 2.24) is 0 Å². The Morgan fingerprint density at radius 3 is 2.37 bits per heavy atom. The van der Waals surface area contributed by atoms with E-state index in [1.54, 1.807) is 14.0 Å². The lowest BCUT2D eigenvalue weighted by Gasteiger charge is -2.10. The van der Waals surface area contributed by atoms with Gasteiger partial charge in [0.2, 0.25) is 0 Å². The number of sulfone groups is 1. The highest BCUT2D eigenvalue weighted by Crippen LogP contribution is 2.54. The van der Waals surface area contributed by atoms with Crippen molar-refractivity contribution in [3.05, 3.63) is 35.4 Å². The molecule has 0 heterocycles. The number of benzene rings is 1. The SMILES string of the molecule is CCS(=O)(=O)[C@@H]1[C@H](c2ccc(C)cc2)[C@]1(N)COC. The van der Waals surface area contributed by atoms with Crippen LogP contribution in [-0.2, 0) is 14.6 Å². The van der Waals surface area contributed by atoms with E-state index < -0.39 is 20.6 Å². The van der Waals surface area contributed by atoms with Crippen LogP contribution in [0.5, 0.6) is 0 Å². The molecule has 5 heteroatoms. The van der Waals surface area contributed by atoms with Gasteiger partial charge < -0.3 is 10.5 Å². The largest absolute Gasteiger partial charge is 0.383 e. The number of ether oxygens (including phenoxy) is 1. The maximum absolute atomic E-state index is 12.2. The molecule has 1 aromatic rings. The Hall–Kier alpha value is -0.910. The minimum absolute atomic E-state index is 0.114. The lowest BCUT2D eigenvalue weighted by Crippen LogP contribution is -2.36. The van der Waals surface area contributed by atoms with Crippen molar-refractivity contribution in [2.75, 3.05) is 19.5 Å². The van der Waals surface area contributed by atoms with Crippen molar-refractivity contribution in [3.8, 4) is 0 Å². The number of nitrogens with two attached hydrogens (primary N) is 1. The summed E-state index contributed by atoms with van der Waals surface area (Å²) < 4.78 is 29.5. The third-order valence-electron chi connectivity index (χ3n) is 3.92. The van der Waals surface area contributed by atoms with Gasteiger partial charge in [-0.25, -0.2) is 8.42 Å². The first-order chi connectivity index (χ1) is 8.86. The zero-order chi connectivity index (χ0) is 14.3. The first-order valence-electron chi connectivity index (χ1n) is 6.42. The Morgan fingerprint density at radius 2 is 1.89 bits per heavy atom.